The lowest BCUT2D eigenvalue weighted by Gasteiger charge is -2.05. The summed E-state index contributed by atoms with van der Waals surface area (Å²) in [6.07, 6.45) is 3.50. The molecule has 0 aliphatic rings. The number of aromatic nitrogens is 2. The number of hydrogen-bond donors (Lipinski definition) is 0. The molecule has 5 nitrogen and oxygen atoms in total. The van der Waals surface area contributed by atoms with Crippen LogP contribution < -0.4 is 4.74 Å². The average molecular weight is 335 g/mol. The second kappa shape index (κ2) is 6.26. The highest BCUT2D eigenvalue weighted by Gasteiger charge is 2.14. The van der Waals surface area contributed by atoms with E-state index in [9.17, 15) is 9.18 Å². The molecule has 0 aliphatic carbocycles. The van der Waals surface area contributed by atoms with Crippen molar-refractivity contribution in [1.82, 2.24) is 9.38 Å². The molecule has 0 radical (unpaired) electrons. The van der Waals surface area contributed by atoms with Gasteiger partial charge in [-0.15, -0.1) is 0 Å². The Morgan fingerprint density at radius 1 is 1.39 bits per heavy atom. The van der Waals surface area contributed by atoms with Crippen molar-refractivity contribution >= 4 is 23.2 Å². The minimum Gasteiger partial charge on any atom is -0.486 e. The fourth-order valence-electron chi connectivity index (χ4n) is 2.15. The first kappa shape index (κ1) is 15.3. The summed E-state index contributed by atoms with van der Waals surface area (Å²) in [5, 5.41) is 0.184. The Balaban J connectivity index is 1.85. The maximum Gasteiger partial charge on any atom is 0.341 e. The van der Waals surface area contributed by atoms with Gasteiger partial charge in [-0.2, -0.15) is 0 Å². The lowest BCUT2D eigenvalue weighted by Crippen LogP contribution is -2.03. The molecule has 0 aliphatic heterocycles. The Hall–Kier alpha value is -2.60. The summed E-state index contributed by atoms with van der Waals surface area (Å²) in [4.78, 5) is 16.1. The number of pyridine rings is 1. The molecule has 7 heteroatoms. The zero-order chi connectivity index (χ0) is 16.4. The van der Waals surface area contributed by atoms with Gasteiger partial charge in [-0.3, -0.25) is 0 Å². The van der Waals surface area contributed by atoms with Crippen LogP contribution in [-0.4, -0.2) is 22.5 Å². The molecule has 0 N–H and O–H groups in total. The fourth-order valence-corrected chi connectivity index (χ4v) is 2.37. The number of fused-ring (bicyclic) bond motifs is 1. The van der Waals surface area contributed by atoms with E-state index >= 15 is 0 Å². The molecule has 0 atom stereocenters. The number of ether oxygens (including phenoxy) is 2. The monoisotopic (exact) mass is 334 g/mol. The van der Waals surface area contributed by atoms with Crippen molar-refractivity contribution in [3.8, 4) is 5.75 Å². The van der Waals surface area contributed by atoms with Crippen LogP contribution in [0.25, 0.3) is 5.65 Å². The van der Waals surface area contributed by atoms with E-state index in [0.29, 0.717) is 22.7 Å². The first-order valence-electron chi connectivity index (χ1n) is 6.71. The Morgan fingerprint density at radius 2 is 2.22 bits per heavy atom. The number of nitrogens with zero attached hydrogens (tertiary/aromatic N) is 2. The number of carbonyl (C=O) groups is 1. The molecule has 0 saturated carbocycles. The molecule has 0 fully saturated rings. The molecule has 23 heavy (non-hydrogen) atoms. The number of benzene rings is 1. The molecule has 0 amide bonds. The van der Waals surface area contributed by atoms with E-state index in [-0.39, 0.29) is 11.6 Å². The Bertz CT molecular complexity index is 879. The van der Waals surface area contributed by atoms with E-state index in [1.807, 2.05) is 0 Å². The molecular weight excluding hydrogens is 323 g/mol. The third-order valence-corrected chi connectivity index (χ3v) is 3.50. The van der Waals surface area contributed by atoms with E-state index in [1.165, 1.54) is 25.3 Å². The van der Waals surface area contributed by atoms with Crippen LogP contribution in [0, 0.1) is 5.82 Å². The van der Waals surface area contributed by atoms with Crippen molar-refractivity contribution < 1.29 is 18.7 Å². The molecule has 3 aromatic rings. The number of hydrogen-bond acceptors (Lipinski definition) is 4. The van der Waals surface area contributed by atoms with Crippen LogP contribution in [-0.2, 0) is 11.3 Å². The minimum absolute atomic E-state index is 0.133. The predicted molar refractivity (Wildman–Crippen MR) is 82.3 cm³/mol. The van der Waals surface area contributed by atoms with Crippen molar-refractivity contribution in [3.63, 3.8) is 0 Å². The number of halogens is 2. The van der Waals surface area contributed by atoms with Crippen molar-refractivity contribution in [1.29, 1.82) is 0 Å². The number of methoxy groups -OCH3 is 1. The maximum atomic E-state index is 13.0. The predicted octanol–water partition coefficient (Wildman–Crippen LogP) is 3.49. The summed E-state index contributed by atoms with van der Waals surface area (Å²) in [5.41, 5.74) is 1.44. The molecule has 3 rings (SSSR count). The molecular formula is C16H12ClFN2O3. The summed E-state index contributed by atoms with van der Waals surface area (Å²) in [7, 11) is 1.31. The maximum absolute atomic E-state index is 13.0. The molecule has 2 heterocycles. The van der Waals surface area contributed by atoms with Crippen LogP contribution in [0.3, 0.4) is 0 Å². The quantitative estimate of drug-likeness (QED) is 0.685. The Labute approximate surface area is 136 Å². The number of imidazole rings is 1. The van der Waals surface area contributed by atoms with E-state index in [2.05, 4.69) is 4.98 Å². The van der Waals surface area contributed by atoms with Crippen molar-refractivity contribution in [3.05, 3.63) is 64.8 Å². The van der Waals surface area contributed by atoms with E-state index in [4.69, 9.17) is 21.1 Å². The third kappa shape index (κ3) is 3.12. The minimum atomic E-state index is -0.463. The number of rotatable bonds is 4. The van der Waals surface area contributed by atoms with Gasteiger partial charge >= 0.3 is 5.97 Å². The highest BCUT2D eigenvalue weighted by molar-refractivity contribution is 6.32. The van der Waals surface area contributed by atoms with Gasteiger partial charge in [0.2, 0.25) is 0 Å². The van der Waals surface area contributed by atoms with Gasteiger partial charge in [0.25, 0.3) is 0 Å². The first-order chi connectivity index (χ1) is 11.1. The molecule has 118 valence electrons. The largest absolute Gasteiger partial charge is 0.486 e. The number of esters is 1. The van der Waals surface area contributed by atoms with E-state index < -0.39 is 11.8 Å². The Kier molecular flexibility index (Phi) is 4.16. The first-order valence-corrected chi connectivity index (χ1v) is 7.09. The summed E-state index contributed by atoms with van der Waals surface area (Å²) in [6, 6.07) is 7.25. The van der Waals surface area contributed by atoms with Gasteiger partial charge in [0, 0.05) is 12.4 Å². The topological polar surface area (TPSA) is 52.8 Å². The van der Waals surface area contributed by atoms with Gasteiger partial charge < -0.3 is 13.9 Å². The smallest absolute Gasteiger partial charge is 0.341 e. The van der Waals surface area contributed by atoms with Gasteiger partial charge in [-0.1, -0.05) is 11.6 Å². The van der Waals surface area contributed by atoms with Gasteiger partial charge in [0.05, 0.1) is 17.8 Å². The van der Waals surface area contributed by atoms with Gasteiger partial charge in [0.15, 0.2) is 5.65 Å². The summed E-state index contributed by atoms with van der Waals surface area (Å²) < 4.78 is 25.0. The van der Waals surface area contributed by atoms with Crippen LogP contribution in [0.1, 0.15) is 16.1 Å². The highest BCUT2D eigenvalue weighted by Crippen LogP contribution is 2.25. The zero-order valence-electron chi connectivity index (χ0n) is 12.1. The molecule has 0 saturated heterocycles. The fraction of sp³-hybridized carbons (Fsp3) is 0.125. The highest BCUT2D eigenvalue weighted by atomic mass is 35.5. The van der Waals surface area contributed by atoms with Crippen molar-refractivity contribution in [2.24, 2.45) is 0 Å². The zero-order valence-corrected chi connectivity index (χ0v) is 12.9. The third-order valence-electron chi connectivity index (χ3n) is 3.21. The van der Waals surface area contributed by atoms with E-state index in [0.717, 1.165) is 0 Å². The van der Waals surface area contributed by atoms with Gasteiger partial charge in [0.1, 0.15) is 23.7 Å². The molecule has 1 aromatic carbocycles. The van der Waals surface area contributed by atoms with Crippen LogP contribution in [0.2, 0.25) is 5.02 Å². The van der Waals surface area contributed by atoms with E-state index in [1.54, 1.807) is 28.9 Å². The second-order valence-corrected chi connectivity index (χ2v) is 5.15. The summed E-state index contributed by atoms with van der Waals surface area (Å²) in [6.45, 7) is 0.133. The average Bonchev–Trinajstić information content (AvgIpc) is 2.96. The normalized spacial score (nSPS) is 10.7. The van der Waals surface area contributed by atoms with Crippen molar-refractivity contribution in [2.75, 3.05) is 7.11 Å². The lowest BCUT2D eigenvalue weighted by atomic mass is 10.3. The Morgan fingerprint density at radius 3 is 2.96 bits per heavy atom. The number of carbonyl (C=O) groups excluding carboxylic acids is 1. The van der Waals surface area contributed by atoms with Gasteiger partial charge in [-0.05, 0) is 30.3 Å². The second-order valence-electron chi connectivity index (χ2n) is 4.74. The van der Waals surface area contributed by atoms with Crippen LogP contribution in [0.5, 0.6) is 5.75 Å². The molecule has 0 spiro atoms. The van der Waals surface area contributed by atoms with Crippen LogP contribution in [0.15, 0.2) is 42.7 Å². The SMILES string of the molecule is COC(=O)c1cccn2cc(COc3ccc(F)cc3Cl)nc12. The van der Waals surface area contributed by atoms with Gasteiger partial charge in [-0.25, -0.2) is 14.2 Å². The molecule has 0 bridgehead atoms. The van der Waals surface area contributed by atoms with Crippen LogP contribution >= 0.6 is 11.6 Å². The van der Waals surface area contributed by atoms with Crippen molar-refractivity contribution in [2.45, 2.75) is 6.61 Å². The molecule has 0 unspecified atom stereocenters. The lowest BCUT2D eigenvalue weighted by molar-refractivity contribution is 0.0602. The summed E-state index contributed by atoms with van der Waals surface area (Å²) in [5.74, 6) is -0.536. The standard InChI is InChI=1S/C16H12ClFN2O3/c1-22-16(21)12-3-2-6-20-8-11(19-15(12)20)9-23-14-5-4-10(18)7-13(14)17/h2-8H,9H2,1H3. The van der Waals surface area contributed by atoms with Crippen LogP contribution in [0.4, 0.5) is 4.39 Å². The summed E-state index contributed by atoms with van der Waals surface area (Å²) >= 11 is 5.91. The molecule has 2 aromatic heterocycles.